The molecule has 1 saturated heterocycles. The van der Waals surface area contributed by atoms with Gasteiger partial charge in [0.25, 0.3) is 0 Å². The normalized spacial score (nSPS) is 31.2. The average molecular weight is 172 g/mol. The Balaban J connectivity index is 2.48. The highest BCUT2D eigenvalue weighted by molar-refractivity contribution is 4.90. The molecule has 2 N–H and O–H groups in total. The maximum absolute atomic E-state index is 5.78. The smallest absolute Gasteiger partial charge is 0.0832 e. The summed E-state index contributed by atoms with van der Waals surface area (Å²) in [5.41, 5.74) is 5.64. The molecule has 0 spiro atoms. The number of hydrogen-bond donors (Lipinski definition) is 1. The minimum atomic E-state index is 0.0677. The van der Waals surface area contributed by atoms with Gasteiger partial charge in [0.1, 0.15) is 0 Å². The number of likely N-dealkylation sites (N-methyl/N-ethyl adjacent to an activating group) is 1. The van der Waals surface area contributed by atoms with Crippen molar-refractivity contribution in [2.75, 3.05) is 33.3 Å². The molecular formula is C9H20N2O. The number of nitrogens with two attached hydrogens (primary N) is 1. The number of nitrogens with zero attached hydrogens (tertiary/aromatic N) is 1. The summed E-state index contributed by atoms with van der Waals surface area (Å²) in [5.74, 6) is 0. The van der Waals surface area contributed by atoms with Crippen LogP contribution in [0, 0.1) is 0 Å². The molecule has 3 heteroatoms. The van der Waals surface area contributed by atoms with Crippen molar-refractivity contribution < 1.29 is 4.74 Å². The first kappa shape index (κ1) is 9.96. The topological polar surface area (TPSA) is 38.5 Å². The predicted molar refractivity (Wildman–Crippen MR) is 50.1 cm³/mol. The molecule has 0 amide bonds. The second-order valence-corrected chi connectivity index (χ2v) is 3.64. The maximum atomic E-state index is 5.78. The molecule has 12 heavy (non-hydrogen) atoms. The molecular weight excluding hydrogens is 152 g/mol. The second-order valence-electron chi connectivity index (χ2n) is 3.64. The van der Waals surface area contributed by atoms with E-state index < -0.39 is 0 Å². The summed E-state index contributed by atoms with van der Waals surface area (Å²) in [5, 5.41) is 0. The summed E-state index contributed by atoms with van der Waals surface area (Å²) in [6.07, 6.45) is 2.12. The Kier molecular flexibility index (Phi) is 3.50. The van der Waals surface area contributed by atoms with Crippen molar-refractivity contribution in [3.05, 3.63) is 0 Å². The Morgan fingerprint density at radius 1 is 1.58 bits per heavy atom. The SMILES string of the molecule is CCOC1(CCN)CCN(C)C1. The summed E-state index contributed by atoms with van der Waals surface area (Å²) < 4.78 is 5.78. The van der Waals surface area contributed by atoms with Crippen molar-refractivity contribution >= 4 is 0 Å². The first-order valence-electron chi connectivity index (χ1n) is 4.75. The molecule has 3 nitrogen and oxygen atoms in total. The Morgan fingerprint density at radius 2 is 2.33 bits per heavy atom. The lowest BCUT2D eigenvalue weighted by atomic mass is 9.99. The van der Waals surface area contributed by atoms with E-state index in [1.54, 1.807) is 0 Å². The fourth-order valence-electron chi connectivity index (χ4n) is 2.01. The number of likely N-dealkylation sites (tertiary alicyclic amines) is 1. The van der Waals surface area contributed by atoms with Crippen molar-refractivity contribution in [2.45, 2.75) is 25.4 Å². The molecule has 0 aromatic rings. The van der Waals surface area contributed by atoms with Gasteiger partial charge >= 0.3 is 0 Å². The van der Waals surface area contributed by atoms with Crippen LogP contribution in [0.3, 0.4) is 0 Å². The van der Waals surface area contributed by atoms with Crippen molar-refractivity contribution in [1.82, 2.24) is 4.90 Å². The van der Waals surface area contributed by atoms with E-state index in [1.807, 2.05) is 0 Å². The van der Waals surface area contributed by atoms with Gasteiger partial charge in [0.05, 0.1) is 5.60 Å². The van der Waals surface area contributed by atoms with Crippen molar-refractivity contribution in [3.63, 3.8) is 0 Å². The van der Waals surface area contributed by atoms with Crippen molar-refractivity contribution in [2.24, 2.45) is 5.73 Å². The molecule has 0 aromatic carbocycles. The number of rotatable bonds is 4. The highest BCUT2D eigenvalue weighted by atomic mass is 16.5. The quantitative estimate of drug-likeness (QED) is 0.669. The minimum absolute atomic E-state index is 0.0677. The summed E-state index contributed by atoms with van der Waals surface area (Å²) in [4.78, 5) is 2.31. The minimum Gasteiger partial charge on any atom is -0.374 e. The van der Waals surface area contributed by atoms with E-state index in [-0.39, 0.29) is 5.60 Å². The van der Waals surface area contributed by atoms with E-state index in [4.69, 9.17) is 10.5 Å². The van der Waals surface area contributed by atoms with Gasteiger partial charge in [0, 0.05) is 19.7 Å². The highest BCUT2D eigenvalue weighted by Crippen LogP contribution is 2.27. The fourth-order valence-corrected chi connectivity index (χ4v) is 2.01. The molecule has 0 aliphatic carbocycles. The van der Waals surface area contributed by atoms with Crippen LogP contribution in [0.25, 0.3) is 0 Å². The standard InChI is InChI=1S/C9H20N2O/c1-3-12-9(4-6-10)5-7-11(2)8-9/h3-8,10H2,1-2H3. The zero-order chi connectivity index (χ0) is 9.03. The van der Waals surface area contributed by atoms with E-state index in [0.717, 1.165) is 39.1 Å². The molecule has 72 valence electrons. The van der Waals surface area contributed by atoms with Gasteiger partial charge < -0.3 is 15.4 Å². The van der Waals surface area contributed by atoms with Crippen molar-refractivity contribution in [3.8, 4) is 0 Å². The second kappa shape index (κ2) is 4.21. The van der Waals surface area contributed by atoms with Crippen LogP contribution in [0.5, 0.6) is 0 Å². The molecule has 1 heterocycles. The molecule has 0 radical (unpaired) electrons. The van der Waals surface area contributed by atoms with Gasteiger partial charge in [-0.2, -0.15) is 0 Å². The van der Waals surface area contributed by atoms with Crippen LogP contribution in [-0.4, -0.2) is 43.8 Å². The molecule has 0 saturated carbocycles. The van der Waals surface area contributed by atoms with E-state index in [0.29, 0.717) is 0 Å². The Hall–Kier alpha value is -0.120. The lowest BCUT2D eigenvalue weighted by Crippen LogP contribution is -2.37. The van der Waals surface area contributed by atoms with Crippen LogP contribution in [-0.2, 0) is 4.74 Å². The number of ether oxygens (including phenoxy) is 1. The largest absolute Gasteiger partial charge is 0.374 e. The Labute approximate surface area is 74.9 Å². The molecule has 1 unspecified atom stereocenters. The first-order chi connectivity index (χ1) is 5.72. The number of hydrogen-bond acceptors (Lipinski definition) is 3. The van der Waals surface area contributed by atoms with E-state index >= 15 is 0 Å². The lowest BCUT2D eigenvalue weighted by molar-refractivity contribution is -0.0337. The summed E-state index contributed by atoms with van der Waals surface area (Å²) >= 11 is 0. The first-order valence-corrected chi connectivity index (χ1v) is 4.75. The molecule has 1 rings (SSSR count). The zero-order valence-electron chi connectivity index (χ0n) is 8.18. The summed E-state index contributed by atoms with van der Waals surface area (Å²) in [7, 11) is 2.14. The van der Waals surface area contributed by atoms with Gasteiger partial charge in [0.15, 0.2) is 0 Å². The monoisotopic (exact) mass is 172 g/mol. The molecule has 1 aliphatic heterocycles. The predicted octanol–water partition coefficient (Wildman–Crippen LogP) is 0.446. The maximum Gasteiger partial charge on any atom is 0.0832 e. The molecule has 1 fully saturated rings. The van der Waals surface area contributed by atoms with Crippen LogP contribution in [0.2, 0.25) is 0 Å². The van der Waals surface area contributed by atoms with Crippen LogP contribution < -0.4 is 5.73 Å². The third kappa shape index (κ3) is 2.19. The van der Waals surface area contributed by atoms with Gasteiger partial charge in [-0.05, 0) is 33.4 Å². The van der Waals surface area contributed by atoms with Crippen LogP contribution in [0.15, 0.2) is 0 Å². The van der Waals surface area contributed by atoms with Crippen LogP contribution >= 0.6 is 0 Å². The Bertz CT molecular complexity index is 127. The third-order valence-corrected chi connectivity index (χ3v) is 2.56. The summed E-state index contributed by atoms with van der Waals surface area (Å²) in [6, 6.07) is 0. The Morgan fingerprint density at radius 3 is 2.75 bits per heavy atom. The molecule has 1 aliphatic rings. The average Bonchev–Trinajstić information content (AvgIpc) is 2.34. The molecule has 0 bridgehead atoms. The van der Waals surface area contributed by atoms with Gasteiger partial charge in [-0.25, -0.2) is 0 Å². The lowest BCUT2D eigenvalue weighted by Gasteiger charge is -2.28. The van der Waals surface area contributed by atoms with Gasteiger partial charge in [-0.1, -0.05) is 0 Å². The van der Waals surface area contributed by atoms with Crippen LogP contribution in [0.1, 0.15) is 19.8 Å². The highest BCUT2D eigenvalue weighted by Gasteiger charge is 2.36. The van der Waals surface area contributed by atoms with E-state index in [1.165, 1.54) is 0 Å². The van der Waals surface area contributed by atoms with Gasteiger partial charge in [-0.15, -0.1) is 0 Å². The van der Waals surface area contributed by atoms with E-state index in [2.05, 4.69) is 18.9 Å². The van der Waals surface area contributed by atoms with Crippen molar-refractivity contribution in [1.29, 1.82) is 0 Å². The molecule has 1 atom stereocenters. The third-order valence-electron chi connectivity index (χ3n) is 2.56. The molecule has 0 aromatic heterocycles. The van der Waals surface area contributed by atoms with E-state index in [9.17, 15) is 0 Å². The zero-order valence-corrected chi connectivity index (χ0v) is 8.18. The van der Waals surface area contributed by atoms with Gasteiger partial charge in [0.2, 0.25) is 0 Å². The summed E-state index contributed by atoms with van der Waals surface area (Å²) in [6.45, 7) is 5.76. The van der Waals surface area contributed by atoms with Gasteiger partial charge in [-0.3, -0.25) is 0 Å². The fraction of sp³-hybridized carbons (Fsp3) is 1.00. The van der Waals surface area contributed by atoms with Crippen LogP contribution in [0.4, 0.5) is 0 Å².